The highest BCUT2D eigenvalue weighted by atomic mass is 16.7. The number of nitrogens with zero attached hydrogens (tertiary/aromatic N) is 1. The van der Waals surface area contributed by atoms with E-state index in [1.165, 1.54) is 0 Å². The minimum atomic E-state index is -0.533. The van der Waals surface area contributed by atoms with Gasteiger partial charge in [-0.05, 0) is 13.8 Å². The van der Waals surface area contributed by atoms with E-state index >= 15 is 0 Å². The van der Waals surface area contributed by atoms with E-state index in [1.54, 1.807) is 0 Å². The van der Waals surface area contributed by atoms with Crippen molar-refractivity contribution in [3.05, 3.63) is 10.1 Å². The van der Waals surface area contributed by atoms with Crippen LogP contribution in [-0.2, 0) is 4.74 Å². The van der Waals surface area contributed by atoms with E-state index in [1.807, 2.05) is 13.8 Å². The van der Waals surface area contributed by atoms with E-state index in [2.05, 4.69) is 5.43 Å². The second kappa shape index (κ2) is 2.09. The summed E-state index contributed by atoms with van der Waals surface area (Å²) in [4.78, 5) is 9.93. The Labute approximate surface area is 58.5 Å². The van der Waals surface area contributed by atoms with Gasteiger partial charge < -0.3 is 4.74 Å². The molecule has 1 heterocycles. The Balaban J connectivity index is 2.37. The fourth-order valence-corrected chi connectivity index (χ4v) is 0.820. The summed E-state index contributed by atoms with van der Waals surface area (Å²) in [5, 5.41) is 9.40. The van der Waals surface area contributed by atoms with Crippen LogP contribution in [0.25, 0.3) is 0 Å². The summed E-state index contributed by atoms with van der Waals surface area (Å²) in [5.41, 5.74) is 1.78. The summed E-state index contributed by atoms with van der Waals surface area (Å²) in [5.74, 6) is 0. The van der Waals surface area contributed by atoms with Crippen LogP contribution in [0.15, 0.2) is 0 Å². The molecule has 5 heteroatoms. The minimum absolute atomic E-state index is 0.150. The van der Waals surface area contributed by atoms with Crippen LogP contribution in [0.3, 0.4) is 0 Å². The molecule has 0 aliphatic carbocycles. The molecule has 1 aliphatic rings. The van der Waals surface area contributed by atoms with Gasteiger partial charge in [0.1, 0.15) is 6.04 Å². The highest BCUT2D eigenvalue weighted by molar-refractivity contribution is 4.91. The van der Waals surface area contributed by atoms with Gasteiger partial charge in [-0.3, -0.25) is 0 Å². The summed E-state index contributed by atoms with van der Waals surface area (Å²) >= 11 is 0. The molecule has 1 rings (SSSR count). The van der Waals surface area contributed by atoms with Gasteiger partial charge in [0.05, 0.1) is 12.2 Å². The zero-order valence-corrected chi connectivity index (χ0v) is 5.96. The molecule has 1 unspecified atom stereocenters. The lowest BCUT2D eigenvalue weighted by Crippen LogP contribution is -2.62. The number of ether oxygens (including phenoxy) is 1. The average molecular weight is 146 g/mol. The molecule has 5 nitrogen and oxygen atoms in total. The van der Waals surface area contributed by atoms with Crippen molar-refractivity contribution in [3.8, 4) is 0 Å². The lowest BCUT2D eigenvalue weighted by atomic mass is 9.94. The second-order valence-electron chi connectivity index (χ2n) is 2.85. The molecular formula is C5H10N2O3. The first-order valence-corrected chi connectivity index (χ1v) is 3.07. The highest BCUT2D eigenvalue weighted by Crippen LogP contribution is 2.24. The van der Waals surface area contributed by atoms with Crippen molar-refractivity contribution < 1.29 is 9.77 Å². The van der Waals surface area contributed by atoms with Gasteiger partial charge in [0, 0.05) is 0 Å². The van der Waals surface area contributed by atoms with Gasteiger partial charge >= 0.3 is 0 Å². The molecule has 1 saturated heterocycles. The van der Waals surface area contributed by atoms with Gasteiger partial charge in [-0.1, -0.05) is 0 Å². The maximum absolute atomic E-state index is 9.93. The van der Waals surface area contributed by atoms with E-state index in [-0.39, 0.29) is 11.6 Å². The Morgan fingerprint density at radius 2 is 2.40 bits per heavy atom. The van der Waals surface area contributed by atoms with Gasteiger partial charge in [-0.15, -0.1) is 5.43 Å². The topological polar surface area (TPSA) is 64.4 Å². The Bertz CT molecular complexity index is 157. The molecule has 1 aliphatic heterocycles. The minimum Gasteiger partial charge on any atom is -0.371 e. The summed E-state index contributed by atoms with van der Waals surface area (Å²) in [6.45, 7) is 4.06. The predicted octanol–water partition coefficient (Wildman–Crippen LogP) is -0.0549. The smallest absolute Gasteiger partial charge is 0.158 e. The summed E-state index contributed by atoms with van der Waals surface area (Å²) in [6, 6.07) is -0.150. The SMILES string of the molecule is CC1(C)OCC1N[N+](=O)[O-]. The monoisotopic (exact) mass is 146 g/mol. The van der Waals surface area contributed by atoms with Crippen LogP contribution < -0.4 is 5.43 Å². The van der Waals surface area contributed by atoms with Crippen molar-refractivity contribution in [1.29, 1.82) is 0 Å². The molecule has 0 radical (unpaired) electrons. The number of hydrogen-bond donors (Lipinski definition) is 1. The van der Waals surface area contributed by atoms with Crippen molar-refractivity contribution in [1.82, 2.24) is 5.43 Å². The van der Waals surface area contributed by atoms with Crippen molar-refractivity contribution in [2.75, 3.05) is 6.61 Å². The van der Waals surface area contributed by atoms with E-state index in [9.17, 15) is 10.1 Å². The summed E-state index contributed by atoms with van der Waals surface area (Å²) in [6.07, 6.45) is 0. The molecule has 0 aromatic rings. The second-order valence-corrected chi connectivity index (χ2v) is 2.85. The summed E-state index contributed by atoms with van der Waals surface area (Å²) in [7, 11) is 0. The zero-order chi connectivity index (χ0) is 7.78. The van der Waals surface area contributed by atoms with Gasteiger partial charge in [0.15, 0.2) is 5.03 Å². The third-order valence-corrected chi connectivity index (χ3v) is 1.72. The number of hydrazine groups is 1. The van der Waals surface area contributed by atoms with E-state index in [0.717, 1.165) is 0 Å². The average Bonchev–Trinajstić information content (AvgIpc) is 1.81. The van der Waals surface area contributed by atoms with Gasteiger partial charge in [0.2, 0.25) is 0 Å². The fraction of sp³-hybridized carbons (Fsp3) is 1.00. The third-order valence-electron chi connectivity index (χ3n) is 1.72. The van der Waals surface area contributed by atoms with Crippen molar-refractivity contribution in [3.63, 3.8) is 0 Å². The van der Waals surface area contributed by atoms with E-state index < -0.39 is 5.03 Å². The number of nitro groups is 1. The molecule has 0 bridgehead atoms. The maximum atomic E-state index is 9.93. The van der Waals surface area contributed by atoms with Crippen LogP contribution >= 0.6 is 0 Å². The first-order chi connectivity index (χ1) is 4.52. The normalized spacial score (nSPS) is 28.8. The molecule has 0 amide bonds. The molecular weight excluding hydrogens is 136 g/mol. The zero-order valence-electron chi connectivity index (χ0n) is 5.96. The van der Waals surface area contributed by atoms with Crippen LogP contribution in [0.1, 0.15) is 13.8 Å². The van der Waals surface area contributed by atoms with Gasteiger partial charge in [0.25, 0.3) is 0 Å². The molecule has 58 valence electrons. The quantitative estimate of drug-likeness (QED) is 0.438. The lowest BCUT2D eigenvalue weighted by molar-refractivity contribution is -0.562. The lowest BCUT2D eigenvalue weighted by Gasteiger charge is -2.41. The standard InChI is InChI=1S/C5H10N2O3/c1-5(2)4(3-10-5)6-7(8)9/h4,6H,3H2,1-2H3. The van der Waals surface area contributed by atoms with Crippen LogP contribution in [-0.4, -0.2) is 23.3 Å². The molecule has 10 heavy (non-hydrogen) atoms. The van der Waals surface area contributed by atoms with E-state index in [4.69, 9.17) is 4.74 Å². The Hall–Kier alpha value is -0.840. The predicted molar refractivity (Wildman–Crippen MR) is 33.9 cm³/mol. The third kappa shape index (κ3) is 1.18. The molecule has 1 atom stereocenters. The molecule has 1 fully saturated rings. The van der Waals surface area contributed by atoms with E-state index in [0.29, 0.717) is 6.61 Å². The van der Waals surface area contributed by atoms with Crippen molar-refractivity contribution >= 4 is 0 Å². The number of nitrogens with one attached hydrogen (secondary N) is 1. The number of rotatable bonds is 2. The van der Waals surface area contributed by atoms with Crippen LogP contribution in [0.5, 0.6) is 0 Å². The van der Waals surface area contributed by atoms with Crippen molar-refractivity contribution in [2.45, 2.75) is 25.5 Å². The van der Waals surface area contributed by atoms with Crippen molar-refractivity contribution in [2.24, 2.45) is 0 Å². The maximum Gasteiger partial charge on any atom is 0.158 e. The van der Waals surface area contributed by atoms with Crippen LogP contribution in [0.4, 0.5) is 0 Å². The Kier molecular flexibility index (Phi) is 1.52. The molecule has 1 N–H and O–H groups in total. The summed E-state index contributed by atoms with van der Waals surface area (Å²) < 4.78 is 5.06. The largest absolute Gasteiger partial charge is 0.371 e. The highest BCUT2D eigenvalue weighted by Gasteiger charge is 2.43. The van der Waals surface area contributed by atoms with Gasteiger partial charge in [-0.2, -0.15) is 0 Å². The van der Waals surface area contributed by atoms with Crippen LogP contribution in [0.2, 0.25) is 0 Å². The number of hydrogen-bond acceptors (Lipinski definition) is 3. The first kappa shape index (κ1) is 7.27. The molecule has 0 aromatic carbocycles. The molecule has 0 aromatic heterocycles. The Morgan fingerprint density at radius 1 is 1.80 bits per heavy atom. The molecule has 0 saturated carbocycles. The molecule has 0 spiro atoms. The van der Waals surface area contributed by atoms with Crippen LogP contribution in [0, 0.1) is 10.1 Å². The fourth-order valence-electron chi connectivity index (χ4n) is 0.820. The Morgan fingerprint density at radius 3 is 2.50 bits per heavy atom. The first-order valence-electron chi connectivity index (χ1n) is 3.07. The van der Waals surface area contributed by atoms with Gasteiger partial charge in [-0.25, -0.2) is 10.1 Å².